The Hall–Kier alpha value is -0.113. The van der Waals surface area contributed by atoms with E-state index in [0.717, 1.165) is 0 Å². The van der Waals surface area contributed by atoms with Crippen molar-refractivity contribution in [2.24, 2.45) is 11.5 Å². The van der Waals surface area contributed by atoms with Crippen molar-refractivity contribution in [3.05, 3.63) is 0 Å². The molecule has 0 unspecified atom stereocenters. The van der Waals surface area contributed by atoms with Gasteiger partial charge in [-0.15, -0.1) is 0 Å². The SMILES string of the molecule is NC(N)=O.O=[Si](O)O.[NaH]. The van der Waals surface area contributed by atoms with Crippen LogP contribution >= 0.6 is 0 Å². The van der Waals surface area contributed by atoms with Crippen molar-refractivity contribution in [1.82, 2.24) is 0 Å². The Kier molecular flexibility index (Phi) is 19.1. The molecule has 0 heterocycles. The molecule has 0 aromatic heterocycles. The fourth-order valence-electron chi connectivity index (χ4n) is 0. The molecule has 9 heavy (non-hydrogen) atoms. The number of nitrogens with two attached hydrogens (primary N) is 2. The summed E-state index contributed by atoms with van der Waals surface area (Å²) in [6.45, 7) is 0. The molecule has 6 nitrogen and oxygen atoms in total. The van der Waals surface area contributed by atoms with Crippen LogP contribution in [0.4, 0.5) is 4.79 Å². The molecular formula is CH7N2NaO4Si. The van der Waals surface area contributed by atoms with Gasteiger partial charge in [-0.25, -0.2) is 4.79 Å². The van der Waals surface area contributed by atoms with Crippen molar-refractivity contribution >= 4 is 44.8 Å². The normalized spacial score (nSPS) is 5.33. The molecule has 6 N–H and O–H groups in total. The Balaban J connectivity index is -0.0000000720. The van der Waals surface area contributed by atoms with Gasteiger partial charge in [-0.2, -0.15) is 0 Å². The van der Waals surface area contributed by atoms with E-state index in [9.17, 15) is 0 Å². The van der Waals surface area contributed by atoms with Gasteiger partial charge < -0.3 is 21.1 Å². The molecule has 0 rings (SSSR count). The number of primary amides is 2. The zero-order valence-electron chi connectivity index (χ0n) is 3.87. The first kappa shape index (κ1) is 16.0. The summed E-state index contributed by atoms with van der Waals surface area (Å²) in [6.07, 6.45) is 0. The van der Waals surface area contributed by atoms with Gasteiger partial charge >= 0.3 is 44.8 Å². The summed E-state index contributed by atoms with van der Waals surface area (Å²) in [5.74, 6) is 0. The van der Waals surface area contributed by atoms with Gasteiger partial charge in [0.05, 0.1) is 0 Å². The molecule has 0 aromatic rings. The Bertz CT molecular complexity index is 76.6. The number of hydrogen-bond donors (Lipinski definition) is 4. The molecule has 0 atom stereocenters. The topological polar surface area (TPSA) is 127 Å². The van der Waals surface area contributed by atoms with Crippen molar-refractivity contribution in [3.63, 3.8) is 0 Å². The molecule has 0 saturated carbocycles. The van der Waals surface area contributed by atoms with Crippen molar-refractivity contribution in [2.75, 3.05) is 0 Å². The summed E-state index contributed by atoms with van der Waals surface area (Å²) in [5, 5.41) is 0. The first-order valence-electron chi connectivity index (χ1n) is 1.43. The van der Waals surface area contributed by atoms with Crippen molar-refractivity contribution in [3.8, 4) is 0 Å². The molecule has 0 radical (unpaired) electrons. The van der Waals surface area contributed by atoms with Crippen LogP contribution in [-0.4, -0.2) is 54.3 Å². The summed E-state index contributed by atoms with van der Waals surface area (Å²) in [7, 11) is -3.13. The van der Waals surface area contributed by atoms with Gasteiger partial charge in [-0.05, 0) is 0 Å². The fraction of sp³-hybridized carbons (Fsp3) is 0. The minimum atomic E-state index is -3.13. The third kappa shape index (κ3) is 21400. The summed E-state index contributed by atoms with van der Waals surface area (Å²) in [5.41, 5.74) is 8.50. The Morgan fingerprint density at radius 2 is 1.33 bits per heavy atom. The molecule has 0 aliphatic heterocycles. The van der Waals surface area contributed by atoms with Crippen LogP contribution in [-0.2, 0) is 4.46 Å². The van der Waals surface area contributed by atoms with Gasteiger partial charge in [-0.3, -0.25) is 4.46 Å². The van der Waals surface area contributed by atoms with Crippen molar-refractivity contribution in [2.45, 2.75) is 0 Å². The molecule has 0 aliphatic carbocycles. The number of rotatable bonds is 0. The van der Waals surface area contributed by atoms with E-state index in [1.165, 1.54) is 0 Å². The number of amides is 2. The number of carbonyl (C=O) groups excluding carboxylic acids is 1. The molecule has 0 spiro atoms. The molecule has 0 saturated heterocycles. The predicted octanol–water partition coefficient (Wildman–Crippen LogP) is -3.24. The van der Waals surface area contributed by atoms with Gasteiger partial charge in [0.15, 0.2) is 0 Å². The second-order valence-electron chi connectivity index (χ2n) is 0.685. The van der Waals surface area contributed by atoms with Gasteiger partial charge in [0.25, 0.3) is 0 Å². The summed E-state index contributed by atoms with van der Waals surface area (Å²) in [4.78, 5) is 23.3. The maximum atomic E-state index is 9.00. The minimum absolute atomic E-state index is 0. The third-order valence-electron chi connectivity index (χ3n) is 0. The van der Waals surface area contributed by atoms with Crippen LogP contribution in [0.3, 0.4) is 0 Å². The van der Waals surface area contributed by atoms with E-state index >= 15 is 0 Å². The van der Waals surface area contributed by atoms with Crippen LogP contribution in [0, 0.1) is 0 Å². The molecule has 0 bridgehead atoms. The standard InChI is InChI=1S/CH4N2O.Na.H2O3Si.H/c2-1(3)4;;1-4(2)3;/h(H4,2,3,4);;1-2H;. The van der Waals surface area contributed by atoms with Crippen LogP contribution in [0.15, 0.2) is 0 Å². The summed E-state index contributed by atoms with van der Waals surface area (Å²) < 4.78 is 8.74. The van der Waals surface area contributed by atoms with Crippen LogP contribution < -0.4 is 11.5 Å². The monoisotopic (exact) mass is 162 g/mol. The summed E-state index contributed by atoms with van der Waals surface area (Å²) in [6, 6.07) is -0.833. The van der Waals surface area contributed by atoms with E-state index in [0.29, 0.717) is 0 Å². The third-order valence-corrected chi connectivity index (χ3v) is 0. The van der Waals surface area contributed by atoms with E-state index in [-0.39, 0.29) is 29.6 Å². The zero-order chi connectivity index (χ0) is 7.15. The van der Waals surface area contributed by atoms with Crippen LogP contribution in [0.25, 0.3) is 0 Å². The second kappa shape index (κ2) is 10.8. The van der Waals surface area contributed by atoms with Crippen LogP contribution in [0.2, 0.25) is 0 Å². The van der Waals surface area contributed by atoms with Gasteiger partial charge in [0.2, 0.25) is 0 Å². The Morgan fingerprint density at radius 3 is 1.33 bits per heavy atom. The maximum absolute atomic E-state index is 9.00. The Morgan fingerprint density at radius 1 is 1.33 bits per heavy atom. The zero-order valence-corrected chi connectivity index (χ0v) is 4.87. The first-order chi connectivity index (χ1) is 3.46. The summed E-state index contributed by atoms with van der Waals surface area (Å²) >= 11 is 0. The predicted molar refractivity (Wildman–Crippen MR) is 31.8 cm³/mol. The average molecular weight is 162 g/mol. The second-order valence-corrected chi connectivity index (χ2v) is 1.25. The van der Waals surface area contributed by atoms with Gasteiger partial charge in [0.1, 0.15) is 0 Å². The molecule has 50 valence electrons. The van der Waals surface area contributed by atoms with Crippen molar-refractivity contribution in [1.29, 1.82) is 0 Å². The molecular weight excluding hydrogens is 155 g/mol. The van der Waals surface area contributed by atoms with Crippen LogP contribution in [0.1, 0.15) is 0 Å². The van der Waals surface area contributed by atoms with E-state index in [4.69, 9.17) is 18.8 Å². The van der Waals surface area contributed by atoms with E-state index in [1.54, 1.807) is 0 Å². The van der Waals surface area contributed by atoms with E-state index in [2.05, 4.69) is 11.5 Å². The average Bonchev–Trinajstić information content (AvgIpc) is 1.25. The van der Waals surface area contributed by atoms with Crippen LogP contribution in [0.5, 0.6) is 0 Å². The molecule has 0 aromatic carbocycles. The van der Waals surface area contributed by atoms with Crippen molar-refractivity contribution < 1.29 is 18.8 Å². The first-order valence-corrected chi connectivity index (χ1v) is 2.74. The number of urea groups is 1. The fourth-order valence-corrected chi connectivity index (χ4v) is 0. The quantitative estimate of drug-likeness (QED) is 0.279. The van der Waals surface area contributed by atoms with Gasteiger partial charge in [0, 0.05) is 0 Å². The number of hydrogen-bond acceptors (Lipinski definition) is 2. The molecule has 0 fully saturated rings. The Labute approximate surface area is 75.0 Å². The van der Waals surface area contributed by atoms with E-state index in [1.807, 2.05) is 0 Å². The molecule has 2 amide bonds. The van der Waals surface area contributed by atoms with Gasteiger partial charge in [-0.1, -0.05) is 0 Å². The molecule has 8 heteroatoms. The molecule has 0 aliphatic rings. The number of carbonyl (C=O) groups is 1. The van der Waals surface area contributed by atoms with E-state index < -0.39 is 15.2 Å².